The highest BCUT2D eigenvalue weighted by atomic mass is 16.2. The summed E-state index contributed by atoms with van der Waals surface area (Å²) in [7, 11) is 0. The van der Waals surface area contributed by atoms with Gasteiger partial charge < -0.3 is 10.2 Å². The van der Waals surface area contributed by atoms with Gasteiger partial charge in [-0.2, -0.15) is 0 Å². The summed E-state index contributed by atoms with van der Waals surface area (Å²) in [5.74, 6) is 0.145. The highest BCUT2D eigenvalue weighted by Gasteiger charge is 2.27. The van der Waals surface area contributed by atoms with Gasteiger partial charge >= 0.3 is 0 Å². The van der Waals surface area contributed by atoms with E-state index in [0.29, 0.717) is 12.1 Å². The van der Waals surface area contributed by atoms with Crippen molar-refractivity contribution in [2.24, 2.45) is 0 Å². The molecule has 80 valence electrons. The van der Waals surface area contributed by atoms with E-state index in [9.17, 15) is 4.79 Å². The van der Waals surface area contributed by atoms with Gasteiger partial charge in [0.15, 0.2) is 0 Å². The zero-order chi connectivity index (χ0) is 10.7. The number of nitrogens with zero attached hydrogens (tertiary/aromatic N) is 1. The summed E-state index contributed by atoms with van der Waals surface area (Å²) in [6.45, 7) is 9.86. The van der Waals surface area contributed by atoms with E-state index in [1.807, 2.05) is 18.7 Å². The maximum absolute atomic E-state index is 11.9. The molecular weight excluding hydrogens is 176 g/mol. The smallest absolute Gasteiger partial charge is 0.247 e. The third-order valence-electron chi connectivity index (χ3n) is 2.50. The van der Waals surface area contributed by atoms with Crippen molar-refractivity contribution in [2.45, 2.75) is 39.8 Å². The summed E-state index contributed by atoms with van der Waals surface area (Å²) in [6, 6.07) is 0.587. The quantitative estimate of drug-likeness (QED) is 0.638. The van der Waals surface area contributed by atoms with Crippen molar-refractivity contribution in [3.63, 3.8) is 0 Å². The molecule has 1 saturated heterocycles. The van der Waals surface area contributed by atoms with Crippen molar-refractivity contribution in [2.75, 3.05) is 13.1 Å². The number of carbonyl (C=O) groups is 1. The monoisotopic (exact) mass is 196 g/mol. The van der Waals surface area contributed by atoms with Crippen LogP contribution >= 0.6 is 0 Å². The van der Waals surface area contributed by atoms with E-state index in [-0.39, 0.29) is 5.91 Å². The number of piperazine rings is 1. The molecule has 14 heavy (non-hydrogen) atoms. The van der Waals surface area contributed by atoms with Gasteiger partial charge in [-0.1, -0.05) is 5.57 Å². The second-order valence-electron chi connectivity index (χ2n) is 4.32. The third kappa shape index (κ3) is 2.58. The Hall–Kier alpha value is -0.830. The van der Waals surface area contributed by atoms with Crippen LogP contribution in [0.5, 0.6) is 0 Å². The lowest BCUT2D eigenvalue weighted by molar-refractivity contribution is -0.131. The first kappa shape index (κ1) is 11.2. The fourth-order valence-electron chi connectivity index (χ4n) is 1.89. The Bertz CT molecular complexity index is 234. The van der Waals surface area contributed by atoms with Crippen molar-refractivity contribution in [3.8, 4) is 0 Å². The van der Waals surface area contributed by atoms with Crippen LogP contribution in [0.2, 0.25) is 0 Å². The molecule has 1 N–H and O–H groups in total. The van der Waals surface area contributed by atoms with Crippen LogP contribution < -0.4 is 5.32 Å². The van der Waals surface area contributed by atoms with Gasteiger partial charge in [0.05, 0.1) is 0 Å². The van der Waals surface area contributed by atoms with E-state index in [1.54, 1.807) is 6.08 Å². The minimum Gasteiger partial charge on any atom is -0.331 e. The van der Waals surface area contributed by atoms with E-state index >= 15 is 0 Å². The van der Waals surface area contributed by atoms with Crippen LogP contribution in [0, 0.1) is 0 Å². The molecule has 0 aromatic heterocycles. The van der Waals surface area contributed by atoms with Gasteiger partial charge in [0.25, 0.3) is 0 Å². The Balaban J connectivity index is 2.72. The molecule has 1 amide bonds. The first-order valence-corrected chi connectivity index (χ1v) is 5.20. The van der Waals surface area contributed by atoms with Crippen molar-refractivity contribution in [3.05, 3.63) is 11.6 Å². The van der Waals surface area contributed by atoms with Gasteiger partial charge in [-0.05, 0) is 27.7 Å². The number of rotatable bonds is 1. The van der Waals surface area contributed by atoms with Crippen LogP contribution in [0.15, 0.2) is 11.6 Å². The third-order valence-corrected chi connectivity index (χ3v) is 2.50. The molecule has 1 heterocycles. The van der Waals surface area contributed by atoms with Crippen LogP contribution in [0.3, 0.4) is 0 Å². The maximum Gasteiger partial charge on any atom is 0.247 e. The Morgan fingerprint density at radius 2 is 1.79 bits per heavy atom. The summed E-state index contributed by atoms with van der Waals surface area (Å²) in [5.41, 5.74) is 1.06. The van der Waals surface area contributed by atoms with Gasteiger partial charge in [0, 0.05) is 31.2 Å². The van der Waals surface area contributed by atoms with Crippen LogP contribution in [-0.4, -0.2) is 36.0 Å². The highest BCUT2D eigenvalue weighted by Crippen LogP contribution is 2.11. The molecule has 3 heteroatoms. The molecule has 2 atom stereocenters. The maximum atomic E-state index is 11.9. The summed E-state index contributed by atoms with van der Waals surface area (Å²) in [5, 5.41) is 3.31. The zero-order valence-electron chi connectivity index (χ0n) is 9.50. The van der Waals surface area contributed by atoms with E-state index in [1.165, 1.54) is 0 Å². The molecule has 1 aliphatic heterocycles. The topological polar surface area (TPSA) is 32.3 Å². The molecule has 3 nitrogen and oxygen atoms in total. The lowest BCUT2D eigenvalue weighted by atomic mass is 10.1. The molecule has 0 saturated carbocycles. The first-order chi connectivity index (χ1) is 6.52. The first-order valence-electron chi connectivity index (χ1n) is 5.20. The SMILES string of the molecule is CC(C)=CC(=O)N1C(C)CNCC1C. The van der Waals surface area contributed by atoms with Gasteiger partial charge in [-0.3, -0.25) is 4.79 Å². The van der Waals surface area contributed by atoms with Crippen molar-refractivity contribution >= 4 is 5.91 Å². The number of hydrogen-bond donors (Lipinski definition) is 1. The molecule has 0 spiro atoms. The van der Waals surface area contributed by atoms with E-state index in [4.69, 9.17) is 0 Å². The highest BCUT2D eigenvalue weighted by molar-refractivity contribution is 5.88. The number of nitrogens with one attached hydrogen (secondary N) is 1. The van der Waals surface area contributed by atoms with Crippen molar-refractivity contribution < 1.29 is 4.79 Å². The van der Waals surface area contributed by atoms with Crippen LogP contribution in [-0.2, 0) is 4.79 Å². The van der Waals surface area contributed by atoms with E-state index < -0.39 is 0 Å². The van der Waals surface area contributed by atoms with Crippen LogP contribution in [0.1, 0.15) is 27.7 Å². The number of carbonyl (C=O) groups excluding carboxylic acids is 1. The molecule has 0 aromatic rings. The Labute approximate surface area is 86.2 Å². The number of hydrogen-bond acceptors (Lipinski definition) is 2. The molecule has 1 aliphatic rings. The standard InChI is InChI=1S/C11H20N2O/c1-8(2)5-11(14)13-9(3)6-12-7-10(13)4/h5,9-10,12H,6-7H2,1-4H3. The minimum absolute atomic E-state index is 0.145. The lowest BCUT2D eigenvalue weighted by Gasteiger charge is -2.39. The molecule has 0 radical (unpaired) electrons. The fraction of sp³-hybridized carbons (Fsp3) is 0.727. The van der Waals surface area contributed by atoms with Crippen molar-refractivity contribution in [1.82, 2.24) is 10.2 Å². The van der Waals surface area contributed by atoms with Gasteiger partial charge in [0.2, 0.25) is 5.91 Å². The normalized spacial score (nSPS) is 27.3. The molecule has 0 aromatic carbocycles. The summed E-state index contributed by atoms with van der Waals surface area (Å²) in [4.78, 5) is 13.8. The molecular formula is C11H20N2O. The summed E-state index contributed by atoms with van der Waals surface area (Å²) < 4.78 is 0. The minimum atomic E-state index is 0.145. The molecule has 0 bridgehead atoms. The lowest BCUT2D eigenvalue weighted by Crippen LogP contribution is -2.56. The van der Waals surface area contributed by atoms with E-state index in [0.717, 1.165) is 18.7 Å². The zero-order valence-corrected chi connectivity index (χ0v) is 9.50. The van der Waals surface area contributed by atoms with Crippen molar-refractivity contribution in [1.29, 1.82) is 0 Å². The number of amides is 1. The Kier molecular flexibility index (Phi) is 3.69. The molecule has 1 rings (SSSR count). The predicted molar refractivity (Wildman–Crippen MR) is 58.1 cm³/mol. The molecule has 0 aliphatic carbocycles. The Morgan fingerprint density at radius 1 is 1.29 bits per heavy atom. The van der Waals surface area contributed by atoms with Gasteiger partial charge in [0.1, 0.15) is 0 Å². The van der Waals surface area contributed by atoms with Gasteiger partial charge in [-0.15, -0.1) is 0 Å². The second kappa shape index (κ2) is 4.60. The van der Waals surface area contributed by atoms with Crippen LogP contribution in [0.4, 0.5) is 0 Å². The summed E-state index contributed by atoms with van der Waals surface area (Å²) >= 11 is 0. The average Bonchev–Trinajstić information content (AvgIpc) is 2.01. The summed E-state index contributed by atoms with van der Waals surface area (Å²) in [6.07, 6.45) is 1.72. The molecule has 1 fully saturated rings. The van der Waals surface area contributed by atoms with Crippen LogP contribution in [0.25, 0.3) is 0 Å². The van der Waals surface area contributed by atoms with Gasteiger partial charge in [-0.25, -0.2) is 0 Å². The second-order valence-corrected chi connectivity index (χ2v) is 4.32. The Morgan fingerprint density at radius 3 is 2.21 bits per heavy atom. The predicted octanol–water partition coefficient (Wildman–Crippen LogP) is 1.16. The fourth-order valence-corrected chi connectivity index (χ4v) is 1.89. The average molecular weight is 196 g/mol. The molecule has 2 unspecified atom stereocenters. The largest absolute Gasteiger partial charge is 0.331 e. The number of allylic oxidation sites excluding steroid dienone is 1. The van der Waals surface area contributed by atoms with E-state index in [2.05, 4.69) is 19.2 Å².